The number of rotatable bonds is 9. The first-order valence-electron chi connectivity index (χ1n) is 10.0. The van der Waals surface area contributed by atoms with Crippen LogP contribution in [0.25, 0.3) is 0 Å². The lowest BCUT2D eigenvalue weighted by Crippen LogP contribution is -2.29. The molecule has 3 heterocycles. The summed E-state index contributed by atoms with van der Waals surface area (Å²) in [6.45, 7) is 0.449. The molecule has 0 atom stereocenters. The van der Waals surface area contributed by atoms with E-state index in [0.717, 1.165) is 39.0 Å². The Morgan fingerprint density at radius 1 is 1.12 bits per heavy atom. The van der Waals surface area contributed by atoms with Gasteiger partial charge in [-0.2, -0.15) is 16.9 Å². The number of hydrogen-bond donors (Lipinski definition) is 2. The number of methoxy groups -OCH3 is 1. The van der Waals surface area contributed by atoms with Crippen LogP contribution in [0.1, 0.15) is 16.8 Å². The predicted octanol–water partition coefficient (Wildman–Crippen LogP) is 3.08. The van der Waals surface area contributed by atoms with Crippen LogP contribution >= 0.6 is 23.5 Å². The molecule has 0 fully saturated rings. The number of benzene rings is 1. The van der Waals surface area contributed by atoms with Gasteiger partial charge in [0, 0.05) is 40.9 Å². The van der Waals surface area contributed by atoms with E-state index in [4.69, 9.17) is 4.74 Å². The molecular weight excluding hydrogens is 446 g/mol. The van der Waals surface area contributed by atoms with Crippen molar-refractivity contribution in [3.63, 3.8) is 0 Å². The zero-order valence-corrected chi connectivity index (χ0v) is 19.2. The first kappa shape index (κ1) is 22.2. The molecule has 0 bridgehead atoms. The SMILES string of the molecule is COc1ccc(CNC(=O)Cn2nc3c(c2NC(=O)CSc2ccncc2)CSC3)cc1. The molecule has 0 saturated heterocycles. The molecule has 8 nitrogen and oxygen atoms in total. The van der Waals surface area contributed by atoms with Crippen LogP contribution in [-0.2, 0) is 34.2 Å². The number of pyridine rings is 1. The Morgan fingerprint density at radius 2 is 1.91 bits per heavy atom. The van der Waals surface area contributed by atoms with Crippen molar-refractivity contribution in [3.05, 3.63) is 65.6 Å². The van der Waals surface area contributed by atoms with Gasteiger partial charge >= 0.3 is 0 Å². The maximum absolute atomic E-state index is 12.6. The Balaban J connectivity index is 1.37. The fraction of sp³-hybridized carbons (Fsp3) is 0.273. The molecule has 2 amide bonds. The summed E-state index contributed by atoms with van der Waals surface area (Å²) in [5, 5.41) is 10.4. The third kappa shape index (κ3) is 5.63. The van der Waals surface area contributed by atoms with Gasteiger partial charge in [-0.25, -0.2) is 4.68 Å². The number of aromatic nitrogens is 3. The van der Waals surface area contributed by atoms with Gasteiger partial charge in [0.05, 0.1) is 18.6 Å². The van der Waals surface area contributed by atoms with Crippen LogP contribution in [0.15, 0.2) is 53.7 Å². The van der Waals surface area contributed by atoms with Gasteiger partial charge in [0.25, 0.3) is 0 Å². The minimum Gasteiger partial charge on any atom is -0.497 e. The third-order valence-corrected chi connectivity index (χ3v) is 6.82. The average molecular weight is 470 g/mol. The first-order valence-corrected chi connectivity index (χ1v) is 12.1. The van der Waals surface area contributed by atoms with Gasteiger partial charge in [-0.1, -0.05) is 12.1 Å². The molecule has 32 heavy (non-hydrogen) atoms. The van der Waals surface area contributed by atoms with Gasteiger partial charge in [0.15, 0.2) is 0 Å². The van der Waals surface area contributed by atoms with Crippen LogP contribution in [0.2, 0.25) is 0 Å². The van der Waals surface area contributed by atoms with Crippen LogP contribution < -0.4 is 15.4 Å². The highest BCUT2D eigenvalue weighted by atomic mass is 32.2. The smallest absolute Gasteiger partial charge is 0.242 e. The van der Waals surface area contributed by atoms with Crippen molar-refractivity contribution in [2.24, 2.45) is 0 Å². The second-order valence-corrected chi connectivity index (χ2v) is 9.10. The Labute approximate surface area is 194 Å². The number of carbonyl (C=O) groups is 2. The number of ether oxygens (including phenoxy) is 1. The van der Waals surface area contributed by atoms with E-state index in [1.807, 2.05) is 36.4 Å². The number of thioether (sulfide) groups is 2. The quantitative estimate of drug-likeness (QED) is 0.465. The zero-order chi connectivity index (χ0) is 22.3. The fourth-order valence-electron chi connectivity index (χ4n) is 3.21. The summed E-state index contributed by atoms with van der Waals surface area (Å²) >= 11 is 3.19. The van der Waals surface area contributed by atoms with Crippen LogP contribution in [0.4, 0.5) is 5.82 Å². The summed E-state index contributed by atoms with van der Waals surface area (Å²) in [5.41, 5.74) is 2.90. The lowest BCUT2D eigenvalue weighted by molar-refractivity contribution is -0.122. The summed E-state index contributed by atoms with van der Waals surface area (Å²) in [7, 11) is 1.62. The number of nitrogens with zero attached hydrogens (tertiary/aromatic N) is 3. The normalized spacial score (nSPS) is 12.3. The molecule has 0 saturated carbocycles. The molecule has 0 unspecified atom stereocenters. The number of amides is 2. The highest BCUT2D eigenvalue weighted by Gasteiger charge is 2.25. The van der Waals surface area contributed by atoms with Crippen LogP contribution in [0, 0.1) is 0 Å². The molecule has 0 aliphatic carbocycles. The maximum atomic E-state index is 12.6. The Hall–Kier alpha value is -2.98. The Kier molecular flexibility index (Phi) is 7.33. The first-order chi connectivity index (χ1) is 15.6. The second-order valence-electron chi connectivity index (χ2n) is 7.07. The topological polar surface area (TPSA) is 98.1 Å². The molecule has 10 heteroatoms. The molecule has 1 aromatic carbocycles. The van der Waals surface area contributed by atoms with Crippen molar-refractivity contribution in [3.8, 4) is 5.75 Å². The van der Waals surface area contributed by atoms with Gasteiger partial charge < -0.3 is 15.4 Å². The van der Waals surface area contributed by atoms with E-state index >= 15 is 0 Å². The van der Waals surface area contributed by atoms with Gasteiger partial charge in [0.2, 0.25) is 11.8 Å². The monoisotopic (exact) mass is 469 g/mol. The van der Waals surface area contributed by atoms with E-state index in [0.29, 0.717) is 12.4 Å². The predicted molar refractivity (Wildman–Crippen MR) is 126 cm³/mol. The van der Waals surface area contributed by atoms with Crippen molar-refractivity contribution in [2.45, 2.75) is 29.5 Å². The lowest BCUT2D eigenvalue weighted by atomic mass is 10.2. The van der Waals surface area contributed by atoms with E-state index in [-0.39, 0.29) is 24.1 Å². The lowest BCUT2D eigenvalue weighted by Gasteiger charge is -2.11. The summed E-state index contributed by atoms with van der Waals surface area (Å²) in [5.74, 6) is 2.90. The highest BCUT2D eigenvalue weighted by Crippen LogP contribution is 2.34. The minimum atomic E-state index is -0.170. The van der Waals surface area contributed by atoms with Crippen LogP contribution in [0.3, 0.4) is 0 Å². The van der Waals surface area contributed by atoms with Crippen LogP contribution in [-0.4, -0.2) is 39.4 Å². The van der Waals surface area contributed by atoms with Crippen molar-refractivity contribution in [2.75, 3.05) is 18.2 Å². The average Bonchev–Trinajstić information content (AvgIpc) is 3.40. The molecule has 0 radical (unpaired) electrons. The molecule has 2 N–H and O–H groups in total. The van der Waals surface area contributed by atoms with E-state index < -0.39 is 0 Å². The summed E-state index contributed by atoms with van der Waals surface area (Å²) < 4.78 is 6.75. The van der Waals surface area contributed by atoms with E-state index in [1.165, 1.54) is 11.8 Å². The van der Waals surface area contributed by atoms with E-state index in [9.17, 15) is 9.59 Å². The molecule has 1 aliphatic heterocycles. The number of nitrogens with one attached hydrogen (secondary N) is 2. The zero-order valence-electron chi connectivity index (χ0n) is 17.5. The Bertz CT molecular complexity index is 1090. The molecule has 0 spiro atoms. The van der Waals surface area contributed by atoms with Crippen molar-refractivity contribution in [1.82, 2.24) is 20.1 Å². The number of anilines is 1. The van der Waals surface area contributed by atoms with Gasteiger partial charge in [-0.3, -0.25) is 14.6 Å². The van der Waals surface area contributed by atoms with Crippen LogP contribution in [0.5, 0.6) is 5.75 Å². The second kappa shape index (κ2) is 10.6. The number of carbonyl (C=O) groups excluding carboxylic acids is 2. The summed E-state index contributed by atoms with van der Waals surface area (Å²) in [6.07, 6.45) is 3.40. The summed E-state index contributed by atoms with van der Waals surface area (Å²) in [4.78, 5) is 30.1. The number of fused-ring (bicyclic) bond motifs is 1. The maximum Gasteiger partial charge on any atom is 0.242 e. The molecule has 166 valence electrons. The standard InChI is InChI=1S/C22H23N5O3S2/c1-30-16-4-2-15(3-5-16)10-24-20(28)11-27-22(18-12-31-13-19(18)26-27)25-21(29)14-32-17-6-8-23-9-7-17/h2-9H,10-14H2,1H3,(H,24,28)(H,25,29). The van der Waals surface area contributed by atoms with Crippen molar-refractivity contribution < 1.29 is 14.3 Å². The van der Waals surface area contributed by atoms with Crippen molar-refractivity contribution in [1.29, 1.82) is 0 Å². The number of hydrogen-bond acceptors (Lipinski definition) is 7. The minimum absolute atomic E-state index is 0.0426. The molecule has 2 aromatic heterocycles. The third-order valence-electron chi connectivity index (χ3n) is 4.84. The van der Waals surface area contributed by atoms with Gasteiger partial charge in [-0.05, 0) is 29.8 Å². The van der Waals surface area contributed by atoms with Gasteiger partial charge in [-0.15, -0.1) is 11.8 Å². The molecule has 3 aromatic rings. The van der Waals surface area contributed by atoms with E-state index in [2.05, 4.69) is 20.7 Å². The van der Waals surface area contributed by atoms with Crippen molar-refractivity contribution >= 4 is 41.2 Å². The molecule has 4 rings (SSSR count). The fourth-order valence-corrected chi connectivity index (χ4v) is 4.93. The highest BCUT2D eigenvalue weighted by molar-refractivity contribution is 8.00. The Morgan fingerprint density at radius 3 is 2.66 bits per heavy atom. The van der Waals surface area contributed by atoms with E-state index in [1.54, 1.807) is 35.9 Å². The summed E-state index contributed by atoms with van der Waals surface area (Å²) in [6, 6.07) is 11.3. The molecular formula is C22H23N5O3S2. The van der Waals surface area contributed by atoms with Gasteiger partial charge in [0.1, 0.15) is 18.1 Å². The molecule has 1 aliphatic rings. The largest absolute Gasteiger partial charge is 0.497 e.